The second kappa shape index (κ2) is 12.9. The van der Waals surface area contributed by atoms with E-state index in [0.717, 1.165) is 17.1 Å². The van der Waals surface area contributed by atoms with E-state index >= 15 is 0 Å². The Kier molecular flexibility index (Phi) is 7.39. The Balaban J connectivity index is 0.996. The number of fused-ring (bicyclic) bond motifs is 7. The molecule has 0 radical (unpaired) electrons. The fraction of sp³-hybridized carbons (Fsp3) is 0. The number of hydrogen-bond acceptors (Lipinski definition) is 2. The van der Waals surface area contributed by atoms with Crippen LogP contribution in [0.4, 0.5) is 17.1 Å². The molecule has 11 aromatic rings. The largest absolute Gasteiger partial charge is 0.310 e. The maximum absolute atomic E-state index is 2.37. The first-order chi connectivity index (χ1) is 27.3. The second-order valence-electron chi connectivity index (χ2n) is 14.2. The lowest BCUT2D eigenvalue weighted by molar-refractivity contribution is 1.18. The molecule has 9 aromatic carbocycles. The van der Waals surface area contributed by atoms with Crippen molar-refractivity contribution in [3.8, 4) is 27.9 Å². The van der Waals surface area contributed by atoms with Crippen LogP contribution in [0.1, 0.15) is 0 Å². The summed E-state index contributed by atoms with van der Waals surface area (Å²) in [5.74, 6) is 0. The summed E-state index contributed by atoms with van der Waals surface area (Å²) >= 11 is 1.88. The average molecular weight is 719 g/mol. The van der Waals surface area contributed by atoms with E-state index < -0.39 is 0 Å². The maximum Gasteiger partial charge on any atom is 0.0541 e. The molecule has 0 spiro atoms. The Bertz CT molecular complexity index is 3190. The summed E-state index contributed by atoms with van der Waals surface area (Å²) in [5.41, 5.74) is 11.8. The molecule has 0 saturated heterocycles. The van der Waals surface area contributed by atoms with E-state index in [-0.39, 0.29) is 0 Å². The predicted molar refractivity (Wildman–Crippen MR) is 237 cm³/mol. The molecule has 0 aliphatic heterocycles. The quantitative estimate of drug-likeness (QED) is 0.166. The van der Waals surface area contributed by atoms with Crippen LogP contribution in [0, 0.1) is 0 Å². The minimum atomic E-state index is 1.11. The van der Waals surface area contributed by atoms with Crippen LogP contribution in [0.2, 0.25) is 0 Å². The smallest absolute Gasteiger partial charge is 0.0541 e. The zero-order valence-electron chi connectivity index (χ0n) is 29.9. The molecular formula is C52H34N2S. The highest BCUT2D eigenvalue weighted by atomic mass is 32.1. The van der Waals surface area contributed by atoms with Crippen molar-refractivity contribution in [2.45, 2.75) is 0 Å². The van der Waals surface area contributed by atoms with E-state index in [0.29, 0.717) is 0 Å². The van der Waals surface area contributed by atoms with Gasteiger partial charge in [-0.25, -0.2) is 0 Å². The monoisotopic (exact) mass is 718 g/mol. The van der Waals surface area contributed by atoms with E-state index in [9.17, 15) is 0 Å². The van der Waals surface area contributed by atoms with Gasteiger partial charge in [0.25, 0.3) is 0 Å². The van der Waals surface area contributed by atoms with Crippen LogP contribution < -0.4 is 4.90 Å². The first-order valence-electron chi connectivity index (χ1n) is 18.8. The highest BCUT2D eigenvalue weighted by molar-refractivity contribution is 7.26. The predicted octanol–water partition coefficient (Wildman–Crippen LogP) is 15.1. The summed E-state index contributed by atoms with van der Waals surface area (Å²) in [6.45, 7) is 0. The molecule has 3 heteroatoms. The van der Waals surface area contributed by atoms with Crippen LogP contribution in [0.15, 0.2) is 206 Å². The molecule has 2 aromatic heterocycles. The van der Waals surface area contributed by atoms with Crippen molar-refractivity contribution in [2.75, 3.05) is 4.90 Å². The Hall–Kier alpha value is -6.94. The van der Waals surface area contributed by atoms with Gasteiger partial charge in [0, 0.05) is 53.7 Å². The third kappa shape index (κ3) is 5.32. The first kappa shape index (κ1) is 31.6. The highest BCUT2D eigenvalue weighted by Crippen LogP contribution is 2.42. The molecule has 0 bridgehead atoms. The van der Waals surface area contributed by atoms with Crippen LogP contribution in [0.25, 0.3) is 80.7 Å². The zero-order chi connectivity index (χ0) is 36.3. The van der Waals surface area contributed by atoms with Gasteiger partial charge < -0.3 is 9.47 Å². The molecule has 0 atom stereocenters. The molecule has 0 amide bonds. The number of hydrogen-bond donors (Lipinski definition) is 0. The summed E-state index contributed by atoms with van der Waals surface area (Å²) in [6.07, 6.45) is 0. The lowest BCUT2D eigenvalue weighted by atomic mass is 10.0. The first-order valence-corrected chi connectivity index (χ1v) is 19.6. The fourth-order valence-electron chi connectivity index (χ4n) is 8.34. The molecule has 0 aliphatic carbocycles. The van der Waals surface area contributed by atoms with E-state index in [1.54, 1.807) is 0 Å². The van der Waals surface area contributed by atoms with Gasteiger partial charge in [0.2, 0.25) is 0 Å². The van der Waals surface area contributed by atoms with Gasteiger partial charge in [-0.15, -0.1) is 11.3 Å². The number of benzene rings is 9. The highest BCUT2D eigenvalue weighted by Gasteiger charge is 2.17. The summed E-state index contributed by atoms with van der Waals surface area (Å²) in [7, 11) is 0. The van der Waals surface area contributed by atoms with E-state index in [1.807, 2.05) is 11.3 Å². The molecule has 11 rings (SSSR count). The van der Waals surface area contributed by atoms with Crippen LogP contribution in [0.3, 0.4) is 0 Å². The number of thiophene rings is 1. The summed E-state index contributed by atoms with van der Waals surface area (Å²) in [4.78, 5) is 2.37. The lowest BCUT2D eigenvalue weighted by Crippen LogP contribution is -2.09. The van der Waals surface area contributed by atoms with Crippen LogP contribution in [-0.4, -0.2) is 4.57 Å². The normalized spacial score (nSPS) is 11.6. The van der Waals surface area contributed by atoms with Crippen molar-refractivity contribution >= 4 is 81.1 Å². The Morgan fingerprint density at radius 2 is 0.982 bits per heavy atom. The fourth-order valence-corrected chi connectivity index (χ4v) is 9.58. The van der Waals surface area contributed by atoms with Gasteiger partial charge in [-0.1, -0.05) is 133 Å². The lowest BCUT2D eigenvalue weighted by Gasteiger charge is -2.26. The molecule has 0 saturated carbocycles. The number of rotatable bonds is 6. The number of aromatic nitrogens is 1. The molecule has 2 nitrogen and oxygen atoms in total. The molecule has 0 fully saturated rings. The van der Waals surface area contributed by atoms with Gasteiger partial charge >= 0.3 is 0 Å². The van der Waals surface area contributed by atoms with Crippen molar-refractivity contribution in [3.63, 3.8) is 0 Å². The van der Waals surface area contributed by atoms with Crippen molar-refractivity contribution in [2.24, 2.45) is 0 Å². The van der Waals surface area contributed by atoms with Crippen LogP contribution in [-0.2, 0) is 0 Å². The van der Waals surface area contributed by atoms with Crippen molar-refractivity contribution in [1.29, 1.82) is 0 Å². The van der Waals surface area contributed by atoms with Gasteiger partial charge in [-0.05, 0) is 106 Å². The number of nitrogens with zero attached hydrogens (tertiary/aromatic N) is 2. The Labute approximate surface area is 323 Å². The van der Waals surface area contributed by atoms with E-state index in [2.05, 4.69) is 216 Å². The molecule has 258 valence electrons. The molecule has 0 N–H and O–H groups in total. The Morgan fingerprint density at radius 3 is 1.80 bits per heavy atom. The molecular weight excluding hydrogens is 685 g/mol. The van der Waals surface area contributed by atoms with Crippen molar-refractivity contribution in [3.05, 3.63) is 206 Å². The van der Waals surface area contributed by atoms with Crippen LogP contribution in [0.5, 0.6) is 0 Å². The van der Waals surface area contributed by atoms with Gasteiger partial charge in [0.15, 0.2) is 0 Å². The molecule has 55 heavy (non-hydrogen) atoms. The summed E-state index contributed by atoms with van der Waals surface area (Å²) in [6, 6.07) is 75.1. The van der Waals surface area contributed by atoms with E-state index in [1.165, 1.54) is 80.7 Å². The van der Waals surface area contributed by atoms with Gasteiger partial charge in [-0.2, -0.15) is 0 Å². The summed E-state index contributed by atoms with van der Waals surface area (Å²) in [5, 5.41) is 7.61. The SMILES string of the molecule is c1ccc(-n2c3ccccc3c3cc(-c4ccc(N(c5ccc(-c6cccc7c6sc6ccccc67)cc5)c5ccc6ccccc6c5)cc4)ccc32)cc1. The second-order valence-corrected chi connectivity index (χ2v) is 15.2. The number of para-hydroxylation sites is 2. The number of anilines is 3. The Morgan fingerprint density at radius 1 is 0.364 bits per heavy atom. The molecule has 0 unspecified atom stereocenters. The standard InChI is InChI=1S/C52H34N2S/c1-2-13-40(14-3-1)54-49-19-8-6-15-45(49)48-34-39(26-32-50(48)54)36-21-27-41(28-22-36)53(43-31-23-35-11-4-5-12-38(35)33-43)42-29-24-37(25-30-42)44-17-10-18-47-46-16-7-9-20-51(46)55-52(44)47/h1-34H. The topological polar surface area (TPSA) is 8.17 Å². The average Bonchev–Trinajstić information content (AvgIpc) is 3.80. The van der Waals surface area contributed by atoms with Crippen molar-refractivity contribution < 1.29 is 0 Å². The zero-order valence-corrected chi connectivity index (χ0v) is 30.7. The van der Waals surface area contributed by atoms with Gasteiger partial charge in [0.1, 0.15) is 0 Å². The van der Waals surface area contributed by atoms with Crippen LogP contribution >= 0.6 is 11.3 Å². The summed E-state index contributed by atoms with van der Waals surface area (Å²) < 4.78 is 5.03. The van der Waals surface area contributed by atoms with E-state index in [4.69, 9.17) is 0 Å². The molecule has 2 heterocycles. The minimum absolute atomic E-state index is 1.11. The van der Waals surface area contributed by atoms with Gasteiger partial charge in [-0.3, -0.25) is 0 Å². The molecule has 0 aliphatic rings. The van der Waals surface area contributed by atoms with Crippen molar-refractivity contribution in [1.82, 2.24) is 4.57 Å². The third-order valence-corrected chi connectivity index (χ3v) is 12.2. The third-order valence-electron chi connectivity index (χ3n) is 11.0. The maximum atomic E-state index is 2.37. The van der Waals surface area contributed by atoms with Gasteiger partial charge in [0.05, 0.1) is 11.0 Å². The minimum Gasteiger partial charge on any atom is -0.310 e.